The van der Waals surface area contributed by atoms with Crippen LogP contribution in [-0.2, 0) is 5.54 Å². The minimum absolute atomic E-state index is 0.167. The van der Waals surface area contributed by atoms with Gasteiger partial charge < -0.3 is 14.8 Å². The van der Waals surface area contributed by atoms with Crippen LogP contribution in [0.25, 0.3) is 5.69 Å². The summed E-state index contributed by atoms with van der Waals surface area (Å²) in [6, 6.07) is 5.89. The van der Waals surface area contributed by atoms with E-state index in [1.807, 2.05) is 22.9 Å². The van der Waals surface area contributed by atoms with E-state index in [-0.39, 0.29) is 5.54 Å². The SMILES string of the molecule is CCCNC1(c2nnnn2-c2ccc3c(c2)OCCO3)CCC(C)CC1. The molecule has 0 unspecified atom stereocenters. The van der Waals surface area contributed by atoms with Crippen LogP contribution in [-0.4, -0.2) is 40.0 Å². The molecule has 0 atom stereocenters. The van der Waals surface area contributed by atoms with Crippen LogP contribution in [0.5, 0.6) is 11.5 Å². The first-order valence-corrected chi connectivity index (χ1v) is 9.66. The van der Waals surface area contributed by atoms with Gasteiger partial charge in [0, 0.05) is 6.07 Å². The Hall–Kier alpha value is -2.15. The Labute approximate surface area is 154 Å². The third-order valence-corrected chi connectivity index (χ3v) is 5.51. The molecule has 2 aromatic rings. The quantitative estimate of drug-likeness (QED) is 0.887. The number of ether oxygens (including phenoxy) is 2. The lowest BCUT2D eigenvalue weighted by Crippen LogP contribution is -2.47. The summed E-state index contributed by atoms with van der Waals surface area (Å²) in [5.41, 5.74) is 0.741. The number of rotatable bonds is 5. The highest BCUT2D eigenvalue weighted by molar-refractivity contribution is 5.49. The van der Waals surface area contributed by atoms with E-state index >= 15 is 0 Å². The maximum Gasteiger partial charge on any atom is 0.176 e. The fourth-order valence-corrected chi connectivity index (χ4v) is 3.92. The maximum atomic E-state index is 5.73. The van der Waals surface area contributed by atoms with Crippen molar-refractivity contribution in [3.8, 4) is 17.2 Å². The van der Waals surface area contributed by atoms with E-state index in [2.05, 4.69) is 34.7 Å². The van der Waals surface area contributed by atoms with E-state index in [9.17, 15) is 0 Å². The molecule has 0 bridgehead atoms. The fraction of sp³-hybridized carbons (Fsp3) is 0.632. The van der Waals surface area contributed by atoms with Crippen molar-refractivity contribution in [3.05, 3.63) is 24.0 Å². The van der Waals surface area contributed by atoms with Gasteiger partial charge in [-0.05, 0) is 67.1 Å². The lowest BCUT2D eigenvalue weighted by Gasteiger charge is -2.39. The van der Waals surface area contributed by atoms with Gasteiger partial charge in [-0.15, -0.1) is 5.10 Å². The van der Waals surface area contributed by atoms with Crippen LogP contribution in [0.15, 0.2) is 18.2 Å². The molecule has 1 aromatic carbocycles. The highest BCUT2D eigenvalue weighted by Crippen LogP contribution is 2.40. The molecule has 1 saturated carbocycles. The molecule has 0 saturated heterocycles. The summed E-state index contributed by atoms with van der Waals surface area (Å²) >= 11 is 0. The number of tetrazole rings is 1. The van der Waals surface area contributed by atoms with Crippen LogP contribution in [0, 0.1) is 5.92 Å². The van der Waals surface area contributed by atoms with Crippen molar-refractivity contribution < 1.29 is 9.47 Å². The molecule has 1 fully saturated rings. The van der Waals surface area contributed by atoms with Crippen molar-refractivity contribution in [1.82, 2.24) is 25.5 Å². The molecule has 1 aliphatic carbocycles. The average Bonchev–Trinajstić information content (AvgIpc) is 3.18. The summed E-state index contributed by atoms with van der Waals surface area (Å²) in [5, 5.41) is 16.5. The van der Waals surface area contributed by atoms with Gasteiger partial charge in [0.05, 0.1) is 11.2 Å². The summed E-state index contributed by atoms with van der Waals surface area (Å²) in [6.07, 6.45) is 5.57. The highest BCUT2D eigenvalue weighted by Gasteiger charge is 2.40. The average molecular weight is 357 g/mol. The molecule has 1 aromatic heterocycles. The largest absolute Gasteiger partial charge is 0.486 e. The summed E-state index contributed by atoms with van der Waals surface area (Å²) in [4.78, 5) is 0. The molecule has 1 N–H and O–H groups in total. The summed E-state index contributed by atoms with van der Waals surface area (Å²) in [6.45, 7) is 6.63. The van der Waals surface area contributed by atoms with Crippen molar-refractivity contribution in [3.63, 3.8) is 0 Å². The Morgan fingerprint density at radius 2 is 1.96 bits per heavy atom. The number of fused-ring (bicyclic) bond motifs is 1. The molecule has 1 aliphatic heterocycles. The molecule has 0 amide bonds. The first kappa shape index (κ1) is 17.3. The van der Waals surface area contributed by atoms with Crippen molar-refractivity contribution >= 4 is 0 Å². The zero-order valence-corrected chi connectivity index (χ0v) is 15.6. The highest BCUT2D eigenvalue weighted by atomic mass is 16.6. The molecule has 4 rings (SSSR count). The van der Waals surface area contributed by atoms with Gasteiger partial charge >= 0.3 is 0 Å². The molecule has 7 nitrogen and oxygen atoms in total. The zero-order chi connectivity index (χ0) is 18.0. The molecule has 0 spiro atoms. The minimum Gasteiger partial charge on any atom is -0.486 e. The lowest BCUT2D eigenvalue weighted by atomic mass is 9.76. The van der Waals surface area contributed by atoms with E-state index in [0.717, 1.165) is 54.7 Å². The number of nitrogens with zero attached hydrogens (tertiary/aromatic N) is 4. The minimum atomic E-state index is -0.167. The van der Waals surface area contributed by atoms with Gasteiger partial charge in [-0.25, -0.2) is 0 Å². The van der Waals surface area contributed by atoms with Crippen molar-refractivity contribution in [2.45, 2.75) is 51.5 Å². The normalized spacial score (nSPS) is 25.2. The van der Waals surface area contributed by atoms with Crippen molar-refractivity contribution in [2.75, 3.05) is 19.8 Å². The van der Waals surface area contributed by atoms with Crippen LogP contribution < -0.4 is 14.8 Å². The van der Waals surface area contributed by atoms with Gasteiger partial charge in [-0.2, -0.15) is 4.68 Å². The molecular weight excluding hydrogens is 330 g/mol. The van der Waals surface area contributed by atoms with Crippen LogP contribution in [0.4, 0.5) is 0 Å². The second kappa shape index (κ2) is 7.23. The number of hydrogen-bond donors (Lipinski definition) is 1. The van der Waals surface area contributed by atoms with Gasteiger partial charge in [0.1, 0.15) is 13.2 Å². The zero-order valence-electron chi connectivity index (χ0n) is 15.6. The Kier molecular flexibility index (Phi) is 4.80. The molecular formula is C19H27N5O2. The fourth-order valence-electron chi connectivity index (χ4n) is 3.92. The van der Waals surface area contributed by atoms with Crippen LogP contribution in [0.1, 0.15) is 51.8 Å². The van der Waals surface area contributed by atoms with Gasteiger partial charge in [0.2, 0.25) is 0 Å². The lowest BCUT2D eigenvalue weighted by molar-refractivity contribution is 0.171. The molecule has 7 heteroatoms. The van der Waals surface area contributed by atoms with E-state index in [1.54, 1.807) is 0 Å². The summed E-state index contributed by atoms with van der Waals surface area (Å²) in [7, 11) is 0. The smallest absolute Gasteiger partial charge is 0.176 e. The first-order chi connectivity index (χ1) is 12.7. The second-order valence-corrected chi connectivity index (χ2v) is 7.43. The number of benzene rings is 1. The van der Waals surface area contributed by atoms with Gasteiger partial charge in [-0.1, -0.05) is 13.8 Å². The van der Waals surface area contributed by atoms with E-state index in [4.69, 9.17) is 9.47 Å². The summed E-state index contributed by atoms with van der Waals surface area (Å²) in [5.74, 6) is 3.18. The van der Waals surface area contributed by atoms with Crippen LogP contribution in [0.2, 0.25) is 0 Å². The Morgan fingerprint density at radius 3 is 2.73 bits per heavy atom. The Bertz CT molecular complexity index is 747. The maximum absolute atomic E-state index is 5.73. The number of aromatic nitrogens is 4. The van der Waals surface area contributed by atoms with E-state index in [1.165, 1.54) is 12.8 Å². The standard InChI is InChI=1S/C19H27N5O2/c1-3-10-20-19(8-6-14(2)7-9-19)18-21-22-23-24(18)15-4-5-16-17(13-15)26-12-11-25-16/h4-5,13-14,20H,3,6-12H2,1-2H3. The molecule has 2 aliphatic rings. The third kappa shape index (κ3) is 3.16. The molecule has 140 valence electrons. The molecule has 26 heavy (non-hydrogen) atoms. The predicted molar refractivity (Wildman–Crippen MR) is 97.7 cm³/mol. The number of nitrogens with one attached hydrogen (secondary N) is 1. The van der Waals surface area contributed by atoms with Gasteiger partial charge in [-0.3, -0.25) is 0 Å². The van der Waals surface area contributed by atoms with Crippen LogP contribution >= 0.6 is 0 Å². The third-order valence-electron chi connectivity index (χ3n) is 5.51. The molecule has 2 heterocycles. The van der Waals surface area contributed by atoms with Crippen LogP contribution in [0.3, 0.4) is 0 Å². The van der Waals surface area contributed by atoms with Crippen molar-refractivity contribution in [1.29, 1.82) is 0 Å². The van der Waals surface area contributed by atoms with Crippen molar-refractivity contribution in [2.24, 2.45) is 5.92 Å². The Balaban J connectivity index is 1.70. The monoisotopic (exact) mass is 357 g/mol. The predicted octanol–water partition coefficient (Wildman–Crippen LogP) is 2.84. The Morgan fingerprint density at radius 1 is 1.19 bits per heavy atom. The second-order valence-electron chi connectivity index (χ2n) is 7.43. The van der Waals surface area contributed by atoms with Gasteiger partial charge in [0.15, 0.2) is 17.3 Å². The van der Waals surface area contributed by atoms with E-state index < -0.39 is 0 Å². The summed E-state index contributed by atoms with van der Waals surface area (Å²) < 4.78 is 13.2. The first-order valence-electron chi connectivity index (χ1n) is 9.66. The topological polar surface area (TPSA) is 74.1 Å². The number of hydrogen-bond acceptors (Lipinski definition) is 6. The molecule has 0 radical (unpaired) electrons. The van der Waals surface area contributed by atoms with E-state index in [0.29, 0.717) is 13.2 Å². The van der Waals surface area contributed by atoms with Gasteiger partial charge in [0.25, 0.3) is 0 Å².